The summed E-state index contributed by atoms with van der Waals surface area (Å²) < 4.78 is 1.18. The van der Waals surface area contributed by atoms with Gasteiger partial charge in [-0.2, -0.15) is 0 Å². The van der Waals surface area contributed by atoms with E-state index in [1.165, 1.54) is 11.1 Å². The molecule has 1 saturated heterocycles. The van der Waals surface area contributed by atoms with Crippen molar-refractivity contribution in [3.05, 3.63) is 29.3 Å². The largest absolute Gasteiger partial charge is 0.338 e. The number of para-hydroxylation sites is 1. The van der Waals surface area contributed by atoms with Gasteiger partial charge >= 0.3 is 0 Å². The maximum Gasteiger partial charge on any atom is 0.241 e. The summed E-state index contributed by atoms with van der Waals surface area (Å²) in [6.07, 6.45) is 3.53. The maximum absolute atomic E-state index is 12.9. The molecule has 1 aromatic carbocycles. The molecule has 0 bridgehead atoms. The Morgan fingerprint density at radius 2 is 2.17 bits per heavy atom. The third kappa shape index (κ3) is 2.94. The topological polar surface area (TPSA) is 57.3 Å². The fourth-order valence-electron chi connectivity index (χ4n) is 4.03. The van der Waals surface area contributed by atoms with Crippen molar-refractivity contribution >= 4 is 27.5 Å². The molecule has 1 aliphatic heterocycles. The van der Waals surface area contributed by atoms with Crippen LogP contribution in [0.25, 0.3) is 10.2 Å². The molecule has 4 rings (SSSR count). The number of likely N-dealkylation sites (N-methyl/N-ethyl adjacent to an activating group) is 1. The lowest BCUT2D eigenvalue weighted by molar-refractivity contribution is -0.133. The number of thiazole rings is 1. The van der Waals surface area contributed by atoms with Crippen LogP contribution >= 0.6 is 11.3 Å². The molecular weight excluding hydrogens is 320 g/mol. The van der Waals surface area contributed by atoms with E-state index in [1.54, 1.807) is 11.3 Å². The van der Waals surface area contributed by atoms with Crippen LogP contribution in [0, 0.1) is 11.8 Å². The fraction of sp³-hybridized carbons (Fsp3) is 0.556. The van der Waals surface area contributed by atoms with Gasteiger partial charge in [0.1, 0.15) is 11.0 Å². The zero-order valence-corrected chi connectivity index (χ0v) is 15.0. The van der Waals surface area contributed by atoms with E-state index in [-0.39, 0.29) is 11.9 Å². The highest BCUT2D eigenvalue weighted by atomic mass is 32.1. The van der Waals surface area contributed by atoms with Crippen molar-refractivity contribution in [1.29, 1.82) is 0 Å². The highest BCUT2D eigenvalue weighted by molar-refractivity contribution is 7.18. The summed E-state index contributed by atoms with van der Waals surface area (Å²) in [5.41, 5.74) is 7.61. The Morgan fingerprint density at radius 3 is 3.00 bits per heavy atom. The summed E-state index contributed by atoms with van der Waals surface area (Å²) in [6.45, 7) is 2.87. The number of rotatable bonds is 3. The summed E-state index contributed by atoms with van der Waals surface area (Å²) in [6, 6.07) is 8.45. The highest BCUT2D eigenvalue weighted by Gasteiger charge is 2.43. The first-order valence-corrected chi connectivity index (χ1v) is 9.54. The first-order valence-electron chi connectivity index (χ1n) is 8.72. The zero-order chi connectivity index (χ0) is 16.7. The average molecular weight is 344 g/mol. The summed E-state index contributed by atoms with van der Waals surface area (Å²) in [5, 5.41) is 0.992. The van der Waals surface area contributed by atoms with Crippen LogP contribution in [0.5, 0.6) is 0 Å². The van der Waals surface area contributed by atoms with E-state index in [0.717, 1.165) is 23.4 Å². The fourth-order valence-corrected chi connectivity index (χ4v) is 5.05. The van der Waals surface area contributed by atoms with Gasteiger partial charge in [-0.05, 0) is 37.3 Å². The predicted octanol–water partition coefficient (Wildman–Crippen LogP) is 2.54. The Balaban J connectivity index is 1.45. The average Bonchev–Trinajstić information content (AvgIpc) is 3.16. The third-order valence-electron chi connectivity index (χ3n) is 5.37. The lowest BCUT2D eigenvalue weighted by atomic mass is 9.76. The first kappa shape index (κ1) is 16.0. The van der Waals surface area contributed by atoms with Crippen LogP contribution in [0.2, 0.25) is 0 Å². The molecule has 2 aliphatic rings. The first-order chi connectivity index (χ1) is 11.6. The van der Waals surface area contributed by atoms with Crippen molar-refractivity contribution in [2.45, 2.75) is 44.8 Å². The lowest BCUT2D eigenvalue weighted by Gasteiger charge is -2.32. The van der Waals surface area contributed by atoms with Crippen LogP contribution in [0.1, 0.15) is 31.2 Å². The number of hydrazine groups is 1. The Kier molecular flexibility index (Phi) is 4.28. The number of carbonyl (C=O) groups excluding carboxylic acids is 1. The van der Waals surface area contributed by atoms with Gasteiger partial charge in [-0.3, -0.25) is 10.2 Å². The van der Waals surface area contributed by atoms with E-state index in [4.69, 9.17) is 0 Å². The van der Waals surface area contributed by atoms with E-state index in [2.05, 4.69) is 28.8 Å². The molecule has 0 radical (unpaired) electrons. The van der Waals surface area contributed by atoms with Gasteiger partial charge in [0.2, 0.25) is 5.91 Å². The number of nitrogens with zero attached hydrogens (tertiary/aromatic N) is 2. The van der Waals surface area contributed by atoms with Crippen molar-refractivity contribution in [3.8, 4) is 0 Å². The molecular formula is C18H24N4OS. The molecule has 2 N–H and O–H groups in total. The molecule has 1 aliphatic carbocycles. The molecule has 1 saturated carbocycles. The molecule has 0 spiro atoms. The minimum atomic E-state index is -0.114. The number of fused-ring (bicyclic) bond motifs is 2. The van der Waals surface area contributed by atoms with Gasteiger partial charge < -0.3 is 4.90 Å². The van der Waals surface area contributed by atoms with Gasteiger partial charge in [0, 0.05) is 19.0 Å². The molecule has 1 aromatic heterocycles. The molecule has 4 atom stereocenters. The number of benzene rings is 1. The van der Waals surface area contributed by atoms with E-state index in [0.29, 0.717) is 24.4 Å². The van der Waals surface area contributed by atoms with E-state index in [9.17, 15) is 4.79 Å². The highest BCUT2D eigenvalue weighted by Crippen LogP contribution is 2.34. The van der Waals surface area contributed by atoms with Gasteiger partial charge in [0.15, 0.2) is 0 Å². The number of aromatic nitrogens is 1. The summed E-state index contributed by atoms with van der Waals surface area (Å²) >= 11 is 1.67. The normalized spacial score (nSPS) is 29.6. The van der Waals surface area contributed by atoms with Gasteiger partial charge in [-0.25, -0.2) is 10.4 Å². The number of hydrogen-bond donors (Lipinski definition) is 2. The maximum atomic E-state index is 12.9. The minimum Gasteiger partial charge on any atom is -0.338 e. The molecule has 24 heavy (non-hydrogen) atoms. The van der Waals surface area contributed by atoms with Crippen molar-refractivity contribution < 1.29 is 4.79 Å². The van der Waals surface area contributed by atoms with Crippen LogP contribution in [0.4, 0.5) is 0 Å². The Labute approximate surface area is 146 Å². The summed E-state index contributed by atoms with van der Waals surface area (Å²) in [4.78, 5) is 19.4. The predicted molar refractivity (Wildman–Crippen MR) is 96.4 cm³/mol. The van der Waals surface area contributed by atoms with E-state index in [1.807, 2.05) is 30.1 Å². The number of nitrogens with one attached hydrogen (secondary N) is 2. The second-order valence-corrected chi connectivity index (χ2v) is 8.34. The molecule has 2 aromatic rings. The molecule has 4 unspecified atom stereocenters. The van der Waals surface area contributed by atoms with Crippen LogP contribution in [-0.2, 0) is 11.3 Å². The van der Waals surface area contributed by atoms with Crippen LogP contribution in [0.15, 0.2) is 24.3 Å². The Morgan fingerprint density at radius 1 is 1.33 bits per heavy atom. The number of hydrogen-bond acceptors (Lipinski definition) is 5. The third-order valence-corrected chi connectivity index (χ3v) is 6.39. The molecule has 1 amide bonds. The SMILES string of the molecule is CC1CCC2NNC(C(=O)N(C)Cc3nc4ccccc4s3)C2C1. The zero-order valence-electron chi connectivity index (χ0n) is 14.2. The molecule has 6 heteroatoms. The minimum absolute atomic E-state index is 0.114. The molecule has 2 heterocycles. The van der Waals surface area contributed by atoms with Crippen molar-refractivity contribution in [2.24, 2.45) is 11.8 Å². The monoisotopic (exact) mass is 344 g/mol. The Bertz CT molecular complexity index is 712. The summed E-state index contributed by atoms with van der Waals surface area (Å²) in [7, 11) is 1.88. The second kappa shape index (κ2) is 6.43. The standard InChI is InChI=1S/C18H24N4OS/c1-11-7-8-13-12(9-11)17(21-20-13)18(23)22(2)10-16-19-14-5-3-4-6-15(14)24-16/h3-6,11-13,17,20-21H,7-10H2,1-2H3. The second-order valence-electron chi connectivity index (χ2n) is 7.22. The molecule has 2 fully saturated rings. The molecule has 5 nitrogen and oxygen atoms in total. The van der Waals surface area contributed by atoms with Crippen LogP contribution in [0.3, 0.4) is 0 Å². The quantitative estimate of drug-likeness (QED) is 0.898. The van der Waals surface area contributed by atoms with Crippen molar-refractivity contribution in [3.63, 3.8) is 0 Å². The van der Waals surface area contributed by atoms with Crippen LogP contribution < -0.4 is 10.9 Å². The summed E-state index contributed by atoms with van der Waals surface area (Å²) in [5.74, 6) is 1.28. The Hall–Kier alpha value is -1.50. The number of amides is 1. The van der Waals surface area contributed by atoms with E-state index < -0.39 is 0 Å². The van der Waals surface area contributed by atoms with Gasteiger partial charge in [-0.1, -0.05) is 19.1 Å². The van der Waals surface area contributed by atoms with Crippen molar-refractivity contribution in [1.82, 2.24) is 20.7 Å². The molecule has 128 valence electrons. The van der Waals surface area contributed by atoms with Crippen molar-refractivity contribution in [2.75, 3.05) is 7.05 Å². The van der Waals surface area contributed by atoms with Crippen LogP contribution in [-0.4, -0.2) is 34.9 Å². The number of carbonyl (C=O) groups is 1. The smallest absolute Gasteiger partial charge is 0.241 e. The van der Waals surface area contributed by atoms with E-state index >= 15 is 0 Å². The van der Waals surface area contributed by atoms with Gasteiger partial charge in [0.05, 0.1) is 16.8 Å². The van der Waals surface area contributed by atoms with Gasteiger partial charge in [-0.15, -0.1) is 11.3 Å². The lowest BCUT2D eigenvalue weighted by Crippen LogP contribution is -2.46. The van der Waals surface area contributed by atoms with Gasteiger partial charge in [0.25, 0.3) is 0 Å².